The molecule has 4 heterocycles. The summed E-state index contributed by atoms with van der Waals surface area (Å²) in [6.45, 7) is 4.03. The minimum Gasteiger partial charge on any atom is -0.352 e. The van der Waals surface area contributed by atoms with Gasteiger partial charge < -0.3 is 14.7 Å². The van der Waals surface area contributed by atoms with Gasteiger partial charge in [0.1, 0.15) is 5.82 Å². The zero-order valence-electron chi connectivity index (χ0n) is 16.3. The maximum absolute atomic E-state index is 12.7. The monoisotopic (exact) mass is 413 g/mol. The first kappa shape index (κ1) is 19.6. The third kappa shape index (κ3) is 4.34. The molecule has 0 aromatic carbocycles. The maximum Gasteiger partial charge on any atom is 0.255 e. The molecule has 7 nitrogen and oxygen atoms in total. The van der Waals surface area contributed by atoms with Gasteiger partial charge in [-0.2, -0.15) is 0 Å². The molecule has 0 aliphatic carbocycles. The summed E-state index contributed by atoms with van der Waals surface area (Å²) in [5, 5.41) is 0.472. The second-order valence-electron chi connectivity index (χ2n) is 7.40. The average Bonchev–Trinajstić information content (AvgIpc) is 2.79. The lowest BCUT2D eigenvalue weighted by Gasteiger charge is -2.35. The molecule has 0 bridgehead atoms. The Kier molecular flexibility index (Phi) is 5.94. The Bertz CT molecular complexity index is 878. The summed E-state index contributed by atoms with van der Waals surface area (Å²) in [5.74, 6) is 0.646. The molecular formula is C21H24ClN5O2. The first-order chi connectivity index (χ1) is 14.1. The van der Waals surface area contributed by atoms with Gasteiger partial charge in [0.2, 0.25) is 0 Å². The van der Waals surface area contributed by atoms with Crippen molar-refractivity contribution in [3.8, 4) is 0 Å². The number of amides is 2. The van der Waals surface area contributed by atoms with Crippen LogP contribution >= 0.6 is 11.6 Å². The van der Waals surface area contributed by atoms with Gasteiger partial charge in [0.05, 0.1) is 16.1 Å². The van der Waals surface area contributed by atoms with Gasteiger partial charge in [0.15, 0.2) is 0 Å². The summed E-state index contributed by atoms with van der Waals surface area (Å²) < 4.78 is 0. The number of aromatic nitrogens is 2. The van der Waals surface area contributed by atoms with Crippen LogP contribution in [0.1, 0.15) is 40.0 Å². The zero-order valence-corrected chi connectivity index (χ0v) is 17.0. The highest BCUT2D eigenvalue weighted by Crippen LogP contribution is 2.26. The number of hydrogen-bond acceptors (Lipinski definition) is 5. The van der Waals surface area contributed by atoms with Crippen molar-refractivity contribution in [2.45, 2.75) is 19.3 Å². The van der Waals surface area contributed by atoms with Crippen LogP contribution < -0.4 is 4.90 Å². The SMILES string of the molecule is O=C(c1cnc(N2CCN(C(=O)c3cccnc3)CC2)c(Cl)c1)N1CCCCC1. The number of hydrogen-bond donors (Lipinski definition) is 0. The minimum absolute atomic E-state index is 0.00228. The third-order valence-corrected chi connectivity index (χ3v) is 5.77. The van der Waals surface area contributed by atoms with Crippen LogP contribution in [0.2, 0.25) is 5.02 Å². The lowest BCUT2D eigenvalue weighted by Crippen LogP contribution is -2.49. The van der Waals surface area contributed by atoms with E-state index in [1.165, 1.54) is 6.42 Å². The van der Waals surface area contributed by atoms with E-state index in [4.69, 9.17) is 11.6 Å². The van der Waals surface area contributed by atoms with Crippen molar-refractivity contribution in [3.63, 3.8) is 0 Å². The van der Waals surface area contributed by atoms with Crippen molar-refractivity contribution in [2.24, 2.45) is 0 Å². The lowest BCUT2D eigenvalue weighted by molar-refractivity contribution is 0.0721. The maximum atomic E-state index is 12.7. The van der Waals surface area contributed by atoms with Crippen LogP contribution in [-0.4, -0.2) is 70.9 Å². The summed E-state index contributed by atoms with van der Waals surface area (Å²) in [7, 11) is 0. The molecule has 8 heteroatoms. The number of carbonyl (C=O) groups is 2. The van der Waals surface area contributed by atoms with Crippen LogP contribution in [0.3, 0.4) is 0 Å². The Balaban J connectivity index is 1.39. The highest BCUT2D eigenvalue weighted by Gasteiger charge is 2.25. The molecule has 152 valence electrons. The highest BCUT2D eigenvalue weighted by atomic mass is 35.5. The molecule has 0 spiro atoms. The Morgan fingerprint density at radius 1 is 0.862 bits per heavy atom. The summed E-state index contributed by atoms with van der Waals surface area (Å²) in [5.41, 5.74) is 1.13. The highest BCUT2D eigenvalue weighted by molar-refractivity contribution is 6.33. The van der Waals surface area contributed by atoms with E-state index >= 15 is 0 Å². The van der Waals surface area contributed by atoms with Gasteiger partial charge in [-0.05, 0) is 37.5 Å². The fourth-order valence-corrected chi connectivity index (χ4v) is 4.14. The number of nitrogens with zero attached hydrogens (tertiary/aromatic N) is 5. The van der Waals surface area contributed by atoms with E-state index in [1.54, 1.807) is 36.8 Å². The Morgan fingerprint density at radius 3 is 2.21 bits per heavy atom. The molecule has 2 amide bonds. The van der Waals surface area contributed by atoms with Crippen molar-refractivity contribution in [1.29, 1.82) is 0 Å². The molecule has 0 atom stereocenters. The number of piperidine rings is 1. The van der Waals surface area contributed by atoms with Gasteiger partial charge >= 0.3 is 0 Å². The van der Waals surface area contributed by atoms with Crippen LogP contribution in [-0.2, 0) is 0 Å². The van der Waals surface area contributed by atoms with Gasteiger partial charge in [-0.25, -0.2) is 4.98 Å². The summed E-state index contributed by atoms with van der Waals surface area (Å²) in [6.07, 6.45) is 8.13. The fourth-order valence-electron chi connectivity index (χ4n) is 3.85. The van der Waals surface area contributed by atoms with Crippen LogP contribution in [0.5, 0.6) is 0 Å². The molecule has 2 aliphatic rings. The van der Waals surface area contributed by atoms with Crippen molar-refractivity contribution >= 4 is 29.2 Å². The van der Waals surface area contributed by atoms with Crippen LogP contribution in [0, 0.1) is 0 Å². The van der Waals surface area contributed by atoms with E-state index < -0.39 is 0 Å². The molecule has 2 fully saturated rings. The molecule has 4 rings (SSSR count). The topological polar surface area (TPSA) is 69.6 Å². The smallest absolute Gasteiger partial charge is 0.255 e. The van der Waals surface area contributed by atoms with E-state index in [-0.39, 0.29) is 11.8 Å². The van der Waals surface area contributed by atoms with Crippen LogP contribution in [0.4, 0.5) is 5.82 Å². The van der Waals surface area contributed by atoms with E-state index in [9.17, 15) is 9.59 Å². The number of halogens is 1. The normalized spacial score (nSPS) is 17.3. The number of pyridine rings is 2. The number of piperazine rings is 1. The molecule has 29 heavy (non-hydrogen) atoms. The average molecular weight is 414 g/mol. The van der Waals surface area contributed by atoms with Gasteiger partial charge in [-0.15, -0.1) is 0 Å². The summed E-state index contributed by atoms with van der Waals surface area (Å²) in [6, 6.07) is 5.26. The Morgan fingerprint density at radius 2 is 1.55 bits per heavy atom. The minimum atomic E-state index is -0.0146. The van der Waals surface area contributed by atoms with E-state index in [0.717, 1.165) is 25.9 Å². The molecule has 2 aromatic rings. The molecule has 0 N–H and O–H groups in total. The van der Waals surface area contributed by atoms with Crippen LogP contribution in [0.25, 0.3) is 0 Å². The van der Waals surface area contributed by atoms with Crippen LogP contribution in [0.15, 0.2) is 36.8 Å². The number of likely N-dealkylation sites (tertiary alicyclic amines) is 1. The molecule has 0 saturated carbocycles. The number of anilines is 1. The number of carbonyl (C=O) groups excluding carboxylic acids is 2. The van der Waals surface area contributed by atoms with Crippen molar-refractivity contribution in [2.75, 3.05) is 44.2 Å². The zero-order chi connectivity index (χ0) is 20.2. The lowest BCUT2D eigenvalue weighted by atomic mass is 10.1. The fraction of sp³-hybridized carbons (Fsp3) is 0.429. The third-order valence-electron chi connectivity index (χ3n) is 5.49. The molecule has 2 saturated heterocycles. The van der Waals surface area contributed by atoms with Gasteiger partial charge in [-0.1, -0.05) is 11.6 Å². The second kappa shape index (κ2) is 8.78. The van der Waals surface area contributed by atoms with Gasteiger partial charge in [0.25, 0.3) is 11.8 Å². The molecule has 2 aliphatic heterocycles. The Labute approximate surface area is 175 Å². The molecular weight excluding hydrogens is 390 g/mol. The first-order valence-corrected chi connectivity index (χ1v) is 10.4. The molecule has 0 radical (unpaired) electrons. The number of rotatable bonds is 3. The van der Waals surface area contributed by atoms with Crippen molar-refractivity contribution in [1.82, 2.24) is 19.8 Å². The summed E-state index contributed by atoms with van der Waals surface area (Å²) in [4.78, 5) is 39.5. The predicted molar refractivity (Wildman–Crippen MR) is 111 cm³/mol. The van der Waals surface area contributed by atoms with Crippen molar-refractivity contribution in [3.05, 3.63) is 52.9 Å². The standard InChI is InChI=1S/C21H24ClN5O2/c22-18-13-17(21(29)26-7-2-1-3-8-26)15-24-19(18)25-9-11-27(12-10-25)20(28)16-5-4-6-23-14-16/h4-6,13-15H,1-3,7-12H2. The predicted octanol–water partition coefficient (Wildman–Crippen LogP) is 2.72. The van der Waals surface area contributed by atoms with E-state index in [0.29, 0.717) is 48.1 Å². The van der Waals surface area contributed by atoms with Crippen molar-refractivity contribution < 1.29 is 9.59 Å². The molecule has 0 unspecified atom stereocenters. The van der Waals surface area contributed by atoms with E-state index in [2.05, 4.69) is 14.9 Å². The second-order valence-corrected chi connectivity index (χ2v) is 7.81. The first-order valence-electron chi connectivity index (χ1n) is 10.0. The van der Waals surface area contributed by atoms with E-state index in [1.807, 2.05) is 9.80 Å². The largest absolute Gasteiger partial charge is 0.352 e. The summed E-state index contributed by atoms with van der Waals surface area (Å²) >= 11 is 6.48. The Hall–Kier alpha value is -2.67. The quantitative estimate of drug-likeness (QED) is 0.773. The molecule has 2 aromatic heterocycles. The van der Waals surface area contributed by atoms with Gasteiger partial charge in [0, 0.05) is 57.9 Å². The van der Waals surface area contributed by atoms with Gasteiger partial charge in [-0.3, -0.25) is 14.6 Å².